The van der Waals surface area contributed by atoms with E-state index in [9.17, 15) is 0 Å². The van der Waals surface area contributed by atoms with E-state index < -0.39 is 0 Å². The van der Waals surface area contributed by atoms with Gasteiger partial charge in [0, 0.05) is 23.4 Å². The molecule has 2 heterocycles. The molecule has 2 aromatic rings. The maximum atomic E-state index is 6.01. The molecule has 0 radical (unpaired) electrons. The Hall–Kier alpha value is -1.39. The van der Waals surface area contributed by atoms with E-state index in [1.165, 1.54) is 5.56 Å². The zero-order chi connectivity index (χ0) is 11.7. The summed E-state index contributed by atoms with van der Waals surface area (Å²) in [4.78, 5) is 4.35. The quantitative estimate of drug-likeness (QED) is 0.884. The van der Waals surface area contributed by atoms with Crippen LogP contribution in [0.3, 0.4) is 0 Å². The molecule has 1 N–H and O–H groups in total. The number of aromatic nitrogens is 1. The molecule has 1 aliphatic rings. The molecule has 1 aromatic heterocycles. The summed E-state index contributed by atoms with van der Waals surface area (Å²) in [6, 6.07) is 8.54. The van der Waals surface area contributed by atoms with Crippen molar-refractivity contribution in [2.75, 3.05) is 7.05 Å². The van der Waals surface area contributed by atoms with Crippen LogP contribution >= 0.6 is 11.3 Å². The van der Waals surface area contributed by atoms with Crippen molar-refractivity contribution in [3.63, 3.8) is 0 Å². The van der Waals surface area contributed by atoms with E-state index in [0.717, 1.165) is 17.9 Å². The lowest BCUT2D eigenvalue weighted by atomic mass is 9.95. The van der Waals surface area contributed by atoms with Gasteiger partial charge in [0.25, 0.3) is 0 Å². The number of fused-ring (bicyclic) bond motifs is 1. The largest absolute Gasteiger partial charge is 0.484 e. The van der Waals surface area contributed by atoms with Crippen LogP contribution in [0.15, 0.2) is 35.2 Å². The van der Waals surface area contributed by atoms with Crippen molar-refractivity contribution in [2.45, 2.75) is 18.6 Å². The molecule has 1 aromatic carbocycles. The van der Waals surface area contributed by atoms with E-state index in [0.29, 0.717) is 6.04 Å². The van der Waals surface area contributed by atoms with E-state index in [1.807, 2.05) is 24.7 Å². The number of hydrogen-bond acceptors (Lipinski definition) is 4. The smallest absolute Gasteiger partial charge is 0.143 e. The number of ether oxygens (including phenoxy) is 1. The predicted octanol–water partition coefficient (Wildman–Crippen LogP) is 2.93. The van der Waals surface area contributed by atoms with Crippen molar-refractivity contribution in [3.8, 4) is 5.75 Å². The fourth-order valence-corrected chi connectivity index (χ4v) is 2.85. The number of thiazole rings is 1. The lowest BCUT2D eigenvalue weighted by molar-refractivity contribution is 0.150. The van der Waals surface area contributed by atoms with Crippen LogP contribution in [0, 0.1) is 0 Å². The fraction of sp³-hybridized carbons (Fsp3) is 0.308. The minimum Gasteiger partial charge on any atom is -0.484 e. The molecule has 3 nitrogen and oxygen atoms in total. The molecular formula is C13H14N2OS. The van der Waals surface area contributed by atoms with Gasteiger partial charge in [-0.3, -0.25) is 0 Å². The average Bonchev–Trinajstić information content (AvgIpc) is 2.91. The average molecular weight is 246 g/mol. The first-order valence-corrected chi connectivity index (χ1v) is 6.63. The van der Waals surface area contributed by atoms with Gasteiger partial charge in [0.05, 0.1) is 11.2 Å². The standard InChI is InChI=1S/C13H14N2OS/c1-14-10-6-13(11-7-17-8-15-11)16-12-5-3-2-4-9(10)12/h2-5,7-8,10,13-14H,6H2,1H3. The van der Waals surface area contributed by atoms with E-state index in [-0.39, 0.29) is 6.10 Å². The van der Waals surface area contributed by atoms with Gasteiger partial charge in [-0.05, 0) is 13.1 Å². The van der Waals surface area contributed by atoms with Crippen molar-refractivity contribution in [3.05, 3.63) is 46.4 Å². The summed E-state index contributed by atoms with van der Waals surface area (Å²) >= 11 is 1.61. The predicted molar refractivity (Wildman–Crippen MR) is 68.3 cm³/mol. The third kappa shape index (κ3) is 1.94. The van der Waals surface area contributed by atoms with Crippen molar-refractivity contribution in [1.82, 2.24) is 10.3 Å². The summed E-state index contributed by atoms with van der Waals surface area (Å²) in [5, 5.41) is 5.41. The SMILES string of the molecule is CNC1CC(c2cscn2)Oc2ccccc21. The molecule has 0 saturated carbocycles. The Morgan fingerprint density at radius 3 is 3.06 bits per heavy atom. The molecule has 3 rings (SSSR count). The van der Waals surface area contributed by atoms with Crippen LogP contribution in [0.25, 0.3) is 0 Å². The summed E-state index contributed by atoms with van der Waals surface area (Å²) in [6.45, 7) is 0. The van der Waals surface area contributed by atoms with Gasteiger partial charge >= 0.3 is 0 Å². The molecule has 0 amide bonds. The maximum Gasteiger partial charge on any atom is 0.143 e. The number of benzene rings is 1. The van der Waals surface area contributed by atoms with Gasteiger partial charge in [-0.2, -0.15) is 0 Å². The molecule has 0 fully saturated rings. The van der Waals surface area contributed by atoms with Gasteiger partial charge in [-0.25, -0.2) is 4.98 Å². The Morgan fingerprint density at radius 1 is 1.41 bits per heavy atom. The summed E-state index contributed by atoms with van der Waals surface area (Å²) in [7, 11) is 1.99. The first-order chi connectivity index (χ1) is 8.38. The normalized spacial score (nSPS) is 22.9. The Kier molecular flexibility index (Phi) is 2.82. The van der Waals surface area contributed by atoms with Crippen LogP contribution in [0.5, 0.6) is 5.75 Å². The number of nitrogens with zero attached hydrogens (tertiary/aromatic N) is 1. The van der Waals surface area contributed by atoms with Gasteiger partial charge in [-0.15, -0.1) is 11.3 Å². The first-order valence-electron chi connectivity index (χ1n) is 5.69. The molecule has 88 valence electrons. The molecule has 4 heteroatoms. The van der Waals surface area contributed by atoms with Crippen LogP contribution in [0.1, 0.15) is 29.8 Å². The zero-order valence-electron chi connectivity index (χ0n) is 9.59. The summed E-state index contributed by atoms with van der Waals surface area (Å²) in [5.74, 6) is 0.969. The first kappa shape index (κ1) is 10.7. The summed E-state index contributed by atoms with van der Waals surface area (Å²) in [5.41, 5.74) is 4.12. The number of para-hydroxylation sites is 1. The molecule has 1 aliphatic heterocycles. The topological polar surface area (TPSA) is 34.2 Å². The minimum atomic E-state index is 0.0635. The molecule has 2 atom stereocenters. The Labute approximate surface area is 104 Å². The molecule has 0 bridgehead atoms. The highest BCUT2D eigenvalue weighted by molar-refractivity contribution is 7.07. The van der Waals surface area contributed by atoms with Crippen molar-refractivity contribution < 1.29 is 4.74 Å². The Bertz CT molecular complexity index is 498. The van der Waals surface area contributed by atoms with Crippen LogP contribution in [0.4, 0.5) is 0 Å². The number of hydrogen-bond donors (Lipinski definition) is 1. The van der Waals surface area contributed by atoms with Crippen LogP contribution < -0.4 is 10.1 Å². The van der Waals surface area contributed by atoms with Crippen molar-refractivity contribution in [2.24, 2.45) is 0 Å². The van der Waals surface area contributed by atoms with Crippen molar-refractivity contribution in [1.29, 1.82) is 0 Å². The molecular weight excluding hydrogens is 232 g/mol. The number of nitrogens with one attached hydrogen (secondary N) is 1. The lowest BCUT2D eigenvalue weighted by Crippen LogP contribution is -2.26. The highest BCUT2D eigenvalue weighted by Gasteiger charge is 2.28. The number of rotatable bonds is 2. The second kappa shape index (κ2) is 4.47. The zero-order valence-corrected chi connectivity index (χ0v) is 10.4. The fourth-order valence-electron chi connectivity index (χ4n) is 2.25. The van der Waals surface area contributed by atoms with Gasteiger partial charge in [0.15, 0.2) is 0 Å². The maximum absolute atomic E-state index is 6.01. The van der Waals surface area contributed by atoms with Crippen LogP contribution in [0.2, 0.25) is 0 Å². The highest BCUT2D eigenvalue weighted by atomic mass is 32.1. The summed E-state index contributed by atoms with van der Waals surface area (Å²) in [6.07, 6.45) is 0.991. The molecule has 0 saturated heterocycles. The van der Waals surface area contributed by atoms with Gasteiger partial charge in [-0.1, -0.05) is 18.2 Å². The van der Waals surface area contributed by atoms with Gasteiger partial charge in [0.2, 0.25) is 0 Å². The Balaban J connectivity index is 1.95. The second-order valence-corrected chi connectivity index (χ2v) is 4.85. The third-order valence-corrected chi connectivity index (χ3v) is 3.75. The Morgan fingerprint density at radius 2 is 2.29 bits per heavy atom. The van der Waals surface area contributed by atoms with Crippen LogP contribution in [-0.2, 0) is 0 Å². The van der Waals surface area contributed by atoms with E-state index in [2.05, 4.69) is 27.8 Å². The third-order valence-electron chi connectivity index (χ3n) is 3.14. The highest BCUT2D eigenvalue weighted by Crippen LogP contribution is 2.40. The van der Waals surface area contributed by atoms with Crippen molar-refractivity contribution >= 4 is 11.3 Å². The van der Waals surface area contributed by atoms with Crippen LogP contribution in [-0.4, -0.2) is 12.0 Å². The van der Waals surface area contributed by atoms with E-state index in [4.69, 9.17) is 4.74 Å². The van der Waals surface area contributed by atoms with Gasteiger partial charge < -0.3 is 10.1 Å². The molecule has 0 aliphatic carbocycles. The summed E-state index contributed by atoms with van der Waals surface area (Å²) < 4.78 is 6.01. The molecule has 2 unspecified atom stereocenters. The second-order valence-electron chi connectivity index (χ2n) is 4.13. The molecule has 0 spiro atoms. The van der Waals surface area contributed by atoms with Gasteiger partial charge in [0.1, 0.15) is 11.9 Å². The molecule has 17 heavy (non-hydrogen) atoms. The monoisotopic (exact) mass is 246 g/mol. The van der Waals surface area contributed by atoms with E-state index >= 15 is 0 Å². The minimum absolute atomic E-state index is 0.0635. The van der Waals surface area contributed by atoms with E-state index in [1.54, 1.807) is 11.3 Å². The lowest BCUT2D eigenvalue weighted by Gasteiger charge is -2.31.